The van der Waals surface area contributed by atoms with Crippen molar-refractivity contribution in [1.82, 2.24) is 9.88 Å². The van der Waals surface area contributed by atoms with E-state index in [1.807, 2.05) is 0 Å². The van der Waals surface area contributed by atoms with Crippen LogP contribution in [0.4, 0.5) is 5.13 Å². The normalized spacial score (nSPS) is 17.5. The van der Waals surface area contributed by atoms with Crippen LogP contribution in [0, 0.1) is 11.3 Å². The van der Waals surface area contributed by atoms with Gasteiger partial charge in [-0.25, -0.2) is 4.98 Å². The highest BCUT2D eigenvalue weighted by atomic mass is 32.1. The fourth-order valence-electron chi connectivity index (χ4n) is 1.92. The third kappa shape index (κ3) is 2.59. The highest BCUT2D eigenvalue weighted by Gasteiger charge is 2.20. The predicted octanol–water partition coefficient (Wildman–Crippen LogP) is 1.89. The molecule has 1 saturated heterocycles. The molecule has 5 heteroatoms. The molecule has 2 rings (SSSR count). The van der Waals surface area contributed by atoms with Crippen LogP contribution in [0.15, 0.2) is 0 Å². The van der Waals surface area contributed by atoms with Gasteiger partial charge in [-0.05, 0) is 13.0 Å². The number of likely N-dealkylation sites (N-methyl/N-ethyl adjacent to an activating group) is 1. The predicted molar refractivity (Wildman–Crippen MR) is 70.6 cm³/mol. The van der Waals surface area contributed by atoms with Gasteiger partial charge in [0.1, 0.15) is 10.9 Å². The molecule has 17 heavy (non-hydrogen) atoms. The first kappa shape index (κ1) is 12.3. The van der Waals surface area contributed by atoms with E-state index in [0.717, 1.165) is 41.9 Å². The Kier molecular flexibility index (Phi) is 3.65. The van der Waals surface area contributed by atoms with Gasteiger partial charge in [0, 0.05) is 26.2 Å². The van der Waals surface area contributed by atoms with Gasteiger partial charge in [-0.3, -0.25) is 0 Å². The first-order valence-electron chi connectivity index (χ1n) is 5.96. The number of thiazole rings is 1. The second-order valence-electron chi connectivity index (χ2n) is 4.77. The molecule has 0 aliphatic carbocycles. The van der Waals surface area contributed by atoms with E-state index < -0.39 is 0 Å². The van der Waals surface area contributed by atoms with Crippen LogP contribution < -0.4 is 4.90 Å². The summed E-state index contributed by atoms with van der Waals surface area (Å²) in [4.78, 5) is 10.0. The van der Waals surface area contributed by atoms with E-state index in [-0.39, 0.29) is 0 Å². The maximum atomic E-state index is 9.11. The summed E-state index contributed by atoms with van der Waals surface area (Å²) in [5, 5.41) is 10.1. The van der Waals surface area contributed by atoms with Crippen LogP contribution in [0.25, 0.3) is 0 Å². The molecule has 1 fully saturated rings. The summed E-state index contributed by atoms with van der Waals surface area (Å²) in [6.07, 6.45) is 0. The minimum Gasteiger partial charge on any atom is -0.345 e. The number of piperazine rings is 1. The summed E-state index contributed by atoms with van der Waals surface area (Å²) >= 11 is 1.53. The van der Waals surface area contributed by atoms with Crippen LogP contribution in [0.1, 0.15) is 30.3 Å². The van der Waals surface area contributed by atoms with E-state index in [1.54, 1.807) is 0 Å². The van der Waals surface area contributed by atoms with Gasteiger partial charge in [-0.15, -0.1) is 0 Å². The van der Waals surface area contributed by atoms with Crippen LogP contribution in [-0.4, -0.2) is 43.1 Å². The van der Waals surface area contributed by atoms with Crippen molar-refractivity contribution < 1.29 is 0 Å². The van der Waals surface area contributed by atoms with Gasteiger partial charge in [0.25, 0.3) is 0 Å². The molecule has 92 valence electrons. The Labute approximate surface area is 106 Å². The molecule has 0 amide bonds. The number of nitriles is 1. The Balaban J connectivity index is 2.19. The minimum atomic E-state index is 0.321. The highest BCUT2D eigenvalue weighted by Crippen LogP contribution is 2.30. The Morgan fingerprint density at radius 3 is 2.41 bits per heavy atom. The summed E-state index contributed by atoms with van der Waals surface area (Å²) in [6.45, 7) is 8.32. The van der Waals surface area contributed by atoms with E-state index in [2.05, 4.69) is 41.7 Å². The lowest BCUT2D eigenvalue weighted by Gasteiger charge is -2.32. The molecule has 4 nitrogen and oxygen atoms in total. The second-order valence-corrected chi connectivity index (χ2v) is 5.75. The topological polar surface area (TPSA) is 43.2 Å². The zero-order valence-electron chi connectivity index (χ0n) is 10.6. The molecule has 1 aliphatic heterocycles. The molecule has 0 saturated carbocycles. The zero-order chi connectivity index (χ0) is 12.4. The van der Waals surface area contributed by atoms with Gasteiger partial charge in [0.15, 0.2) is 5.13 Å². The van der Waals surface area contributed by atoms with E-state index in [1.165, 1.54) is 11.3 Å². The van der Waals surface area contributed by atoms with Gasteiger partial charge in [0.2, 0.25) is 0 Å². The number of rotatable bonds is 2. The van der Waals surface area contributed by atoms with Crippen LogP contribution >= 0.6 is 11.3 Å². The Morgan fingerprint density at radius 1 is 1.29 bits per heavy atom. The fraction of sp³-hybridized carbons (Fsp3) is 0.667. The van der Waals surface area contributed by atoms with Crippen molar-refractivity contribution in [3.63, 3.8) is 0 Å². The van der Waals surface area contributed by atoms with Crippen LogP contribution in [0.5, 0.6) is 0 Å². The first-order chi connectivity index (χ1) is 8.11. The standard InChI is InChI=1S/C12H18N4S/c1-9(2)11-10(8-13)17-12(14-11)16-6-4-15(3)5-7-16/h9H,4-7H2,1-3H3. The number of anilines is 1. The summed E-state index contributed by atoms with van der Waals surface area (Å²) < 4.78 is 0. The Bertz CT molecular complexity index is 424. The second kappa shape index (κ2) is 5.03. The van der Waals surface area contributed by atoms with Gasteiger partial charge in [-0.1, -0.05) is 25.2 Å². The lowest BCUT2D eigenvalue weighted by Crippen LogP contribution is -2.44. The smallest absolute Gasteiger partial charge is 0.186 e. The van der Waals surface area contributed by atoms with Crippen molar-refractivity contribution in [3.05, 3.63) is 10.6 Å². The largest absolute Gasteiger partial charge is 0.345 e. The van der Waals surface area contributed by atoms with Crippen molar-refractivity contribution in [2.24, 2.45) is 0 Å². The molecule has 0 unspecified atom stereocenters. The number of aromatic nitrogens is 1. The van der Waals surface area contributed by atoms with Crippen molar-refractivity contribution in [2.75, 3.05) is 38.1 Å². The molecule has 0 spiro atoms. The van der Waals surface area contributed by atoms with E-state index >= 15 is 0 Å². The average molecular weight is 250 g/mol. The molecule has 0 atom stereocenters. The Morgan fingerprint density at radius 2 is 1.94 bits per heavy atom. The highest BCUT2D eigenvalue weighted by molar-refractivity contribution is 7.16. The minimum absolute atomic E-state index is 0.321. The van der Waals surface area contributed by atoms with Gasteiger partial charge in [0.05, 0.1) is 5.69 Å². The molecule has 0 aromatic carbocycles. The number of hydrogen-bond donors (Lipinski definition) is 0. The number of nitrogens with zero attached hydrogens (tertiary/aromatic N) is 4. The maximum Gasteiger partial charge on any atom is 0.186 e. The molecule has 0 radical (unpaired) electrons. The summed E-state index contributed by atoms with van der Waals surface area (Å²) in [5.41, 5.74) is 0.950. The third-order valence-electron chi connectivity index (χ3n) is 3.06. The maximum absolute atomic E-state index is 9.11. The van der Waals surface area contributed by atoms with Gasteiger partial charge >= 0.3 is 0 Å². The first-order valence-corrected chi connectivity index (χ1v) is 6.77. The van der Waals surface area contributed by atoms with Crippen LogP contribution in [0.2, 0.25) is 0 Å². The SMILES string of the molecule is CC(C)c1nc(N2CCN(C)CC2)sc1C#N. The van der Waals surface area contributed by atoms with Crippen molar-refractivity contribution >= 4 is 16.5 Å². The van der Waals surface area contributed by atoms with Gasteiger partial charge < -0.3 is 9.80 Å². The molecule has 0 bridgehead atoms. The molecule has 1 aromatic heterocycles. The summed E-state index contributed by atoms with van der Waals surface area (Å²) in [6, 6.07) is 2.26. The zero-order valence-corrected chi connectivity index (χ0v) is 11.4. The molecule has 1 aliphatic rings. The molecular formula is C12H18N4S. The van der Waals surface area contributed by atoms with E-state index in [4.69, 9.17) is 5.26 Å². The monoisotopic (exact) mass is 250 g/mol. The van der Waals surface area contributed by atoms with Crippen LogP contribution in [0.3, 0.4) is 0 Å². The Hall–Kier alpha value is -1.12. The molecule has 0 N–H and O–H groups in total. The van der Waals surface area contributed by atoms with E-state index in [0.29, 0.717) is 5.92 Å². The molecule has 2 heterocycles. The summed E-state index contributed by atoms with van der Waals surface area (Å²) in [7, 11) is 2.14. The van der Waals surface area contributed by atoms with Gasteiger partial charge in [-0.2, -0.15) is 5.26 Å². The quantitative estimate of drug-likeness (QED) is 0.804. The van der Waals surface area contributed by atoms with Crippen LogP contribution in [-0.2, 0) is 0 Å². The lowest BCUT2D eigenvalue weighted by molar-refractivity contribution is 0.312. The number of hydrogen-bond acceptors (Lipinski definition) is 5. The molecular weight excluding hydrogens is 232 g/mol. The summed E-state index contributed by atoms with van der Waals surface area (Å²) in [5.74, 6) is 0.321. The van der Waals surface area contributed by atoms with Crippen molar-refractivity contribution in [1.29, 1.82) is 5.26 Å². The fourth-order valence-corrected chi connectivity index (χ4v) is 2.99. The lowest BCUT2D eigenvalue weighted by atomic mass is 10.1. The van der Waals surface area contributed by atoms with Crippen molar-refractivity contribution in [2.45, 2.75) is 19.8 Å². The molecule has 1 aromatic rings. The van der Waals surface area contributed by atoms with Crippen molar-refractivity contribution in [3.8, 4) is 6.07 Å². The third-order valence-corrected chi connectivity index (χ3v) is 4.10. The average Bonchev–Trinajstić information content (AvgIpc) is 2.74. The van der Waals surface area contributed by atoms with E-state index in [9.17, 15) is 0 Å².